The highest BCUT2D eigenvalue weighted by Crippen LogP contribution is 2.34. The Balaban J connectivity index is 1.87. The highest BCUT2D eigenvalue weighted by molar-refractivity contribution is 9.10. The minimum atomic E-state index is 0.346. The fourth-order valence-corrected chi connectivity index (χ4v) is 3.13. The van der Waals surface area contributed by atoms with E-state index in [0.717, 1.165) is 22.3 Å². The van der Waals surface area contributed by atoms with Crippen LogP contribution in [-0.4, -0.2) is 23.2 Å². The van der Waals surface area contributed by atoms with Gasteiger partial charge in [0.25, 0.3) is 0 Å². The lowest BCUT2D eigenvalue weighted by molar-refractivity contribution is 0.335. The van der Waals surface area contributed by atoms with Gasteiger partial charge in [-0.25, -0.2) is 0 Å². The van der Waals surface area contributed by atoms with E-state index in [9.17, 15) is 0 Å². The van der Waals surface area contributed by atoms with Crippen molar-refractivity contribution in [1.29, 1.82) is 0 Å². The molecular weight excluding hydrogens is 306 g/mol. The minimum Gasteiger partial charge on any atom is -0.339 e. The third-order valence-corrected chi connectivity index (χ3v) is 4.22. The second-order valence-corrected chi connectivity index (χ2v) is 5.81. The molecule has 1 aliphatic carbocycles. The number of nitrogens with zero attached hydrogens (tertiary/aromatic N) is 2. The van der Waals surface area contributed by atoms with Crippen molar-refractivity contribution < 1.29 is 4.52 Å². The summed E-state index contributed by atoms with van der Waals surface area (Å²) in [5.74, 6) is 1.77. The van der Waals surface area contributed by atoms with Crippen LogP contribution in [0.15, 0.2) is 33.3 Å². The largest absolute Gasteiger partial charge is 0.339 e. The molecule has 0 amide bonds. The van der Waals surface area contributed by atoms with Crippen LogP contribution in [0, 0.1) is 0 Å². The van der Waals surface area contributed by atoms with Crippen molar-refractivity contribution in [3.8, 4) is 11.4 Å². The number of aromatic nitrogens is 2. The Morgan fingerprint density at radius 3 is 3.05 bits per heavy atom. The Kier molecular flexibility index (Phi) is 3.66. The molecule has 1 aliphatic rings. The fraction of sp³-hybridized carbons (Fsp3) is 0.429. The van der Waals surface area contributed by atoms with Gasteiger partial charge in [0.2, 0.25) is 11.7 Å². The van der Waals surface area contributed by atoms with Crippen molar-refractivity contribution >= 4 is 15.9 Å². The van der Waals surface area contributed by atoms with Crippen molar-refractivity contribution in [1.82, 2.24) is 15.5 Å². The average Bonchev–Trinajstić information content (AvgIpc) is 3.07. The number of rotatable bonds is 3. The van der Waals surface area contributed by atoms with Crippen LogP contribution in [0.4, 0.5) is 0 Å². The van der Waals surface area contributed by atoms with Crippen molar-refractivity contribution in [3.63, 3.8) is 0 Å². The third kappa shape index (κ3) is 2.58. The number of nitrogens with one attached hydrogen (secondary N) is 1. The molecule has 0 spiro atoms. The summed E-state index contributed by atoms with van der Waals surface area (Å²) in [5.41, 5.74) is 0.975. The van der Waals surface area contributed by atoms with Crippen LogP contribution in [0.5, 0.6) is 0 Å². The number of likely N-dealkylation sites (N-methyl/N-ethyl adjacent to an activating group) is 1. The first-order valence-corrected chi connectivity index (χ1v) is 7.34. The molecule has 1 N–H and O–H groups in total. The molecule has 1 saturated carbocycles. The summed E-state index contributed by atoms with van der Waals surface area (Å²) >= 11 is 3.46. The Morgan fingerprint density at radius 2 is 2.26 bits per heavy atom. The highest BCUT2D eigenvalue weighted by atomic mass is 79.9. The minimum absolute atomic E-state index is 0.346. The summed E-state index contributed by atoms with van der Waals surface area (Å²) < 4.78 is 6.48. The fourth-order valence-electron chi connectivity index (χ4n) is 2.73. The van der Waals surface area contributed by atoms with Gasteiger partial charge in [-0.2, -0.15) is 4.98 Å². The quantitative estimate of drug-likeness (QED) is 0.941. The summed E-state index contributed by atoms with van der Waals surface area (Å²) in [5, 5.41) is 7.44. The zero-order chi connectivity index (χ0) is 13.2. The maximum atomic E-state index is 5.46. The second-order valence-electron chi connectivity index (χ2n) is 4.90. The van der Waals surface area contributed by atoms with Gasteiger partial charge in [-0.15, -0.1) is 0 Å². The van der Waals surface area contributed by atoms with Crippen molar-refractivity contribution in [3.05, 3.63) is 34.6 Å². The number of benzene rings is 1. The zero-order valence-electron chi connectivity index (χ0n) is 10.8. The number of hydrogen-bond acceptors (Lipinski definition) is 4. The van der Waals surface area contributed by atoms with Gasteiger partial charge < -0.3 is 9.84 Å². The van der Waals surface area contributed by atoms with Gasteiger partial charge in [0.05, 0.1) is 5.92 Å². The van der Waals surface area contributed by atoms with Gasteiger partial charge in [0.1, 0.15) is 0 Å². The topological polar surface area (TPSA) is 51.0 Å². The molecule has 1 heterocycles. The highest BCUT2D eigenvalue weighted by Gasteiger charge is 2.31. The summed E-state index contributed by atoms with van der Waals surface area (Å²) in [6.07, 6.45) is 3.51. The number of hydrogen-bond donors (Lipinski definition) is 1. The number of halogens is 1. The molecule has 1 fully saturated rings. The lowest BCUT2D eigenvalue weighted by atomic mass is 10.0. The molecular formula is C14H16BrN3O. The van der Waals surface area contributed by atoms with E-state index in [-0.39, 0.29) is 0 Å². The second kappa shape index (κ2) is 5.43. The molecule has 0 bridgehead atoms. The maximum absolute atomic E-state index is 5.46. The molecule has 2 aromatic rings. The van der Waals surface area contributed by atoms with E-state index >= 15 is 0 Å². The molecule has 5 heteroatoms. The van der Waals surface area contributed by atoms with Gasteiger partial charge in [0.15, 0.2) is 0 Å². The van der Waals surface area contributed by atoms with Gasteiger partial charge in [0, 0.05) is 16.1 Å². The molecule has 4 nitrogen and oxygen atoms in total. The lowest BCUT2D eigenvalue weighted by Gasteiger charge is -2.14. The predicted octanol–water partition coefficient (Wildman–Crippen LogP) is 3.35. The molecule has 100 valence electrons. The van der Waals surface area contributed by atoms with E-state index in [1.807, 2.05) is 31.3 Å². The molecule has 2 unspecified atom stereocenters. The van der Waals surface area contributed by atoms with Crippen LogP contribution < -0.4 is 5.32 Å². The Labute approximate surface area is 120 Å². The Hall–Kier alpha value is -1.20. The molecule has 1 aromatic carbocycles. The van der Waals surface area contributed by atoms with Crippen molar-refractivity contribution in [2.24, 2.45) is 0 Å². The van der Waals surface area contributed by atoms with Gasteiger partial charge in [-0.3, -0.25) is 0 Å². The first-order chi connectivity index (χ1) is 9.28. The summed E-state index contributed by atoms with van der Waals surface area (Å²) in [7, 11) is 1.99. The van der Waals surface area contributed by atoms with Crippen molar-refractivity contribution in [2.75, 3.05) is 7.05 Å². The van der Waals surface area contributed by atoms with Gasteiger partial charge in [-0.1, -0.05) is 39.6 Å². The van der Waals surface area contributed by atoms with Gasteiger partial charge in [-0.05, 0) is 32.0 Å². The molecule has 3 rings (SSSR count). The van der Waals surface area contributed by atoms with Crippen LogP contribution in [0.3, 0.4) is 0 Å². The van der Waals surface area contributed by atoms with E-state index in [1.54, 1.807) is 0 Å². The Bertz CT molecular complexity index is 569. The summed E-state index contributed by atoms with van der Waals surface area (Å²) in [4.78, 5) is 4.56. The van der Waals surface area contributed by atoms with Crippen LogP contribution in [0.25, 0.3) is 11.4 Å². The van der Waals surface area contributed by atoms with Crippen LogP contribution >= 0.6 is 15.9 Å². The van der Waals surface area contributed by atoms with E-state index in [1.165, 1.54) is 12.8 Å². The smallest absolute Gasteiger partial charge is 0.231 e. The molecule has 0 aliphatic heterocycles. The average molecular weight is 322 g/mol. The molecule has 1 aromatic heterocycles. The summed E-state index contributed by atoms with van der Waals surface area (Å²) in [6.45, 7) is 0. The summed E-state index contributed by atoms with van der Waals surface area (Å²) in [6, 6.07) is 8.40. The normalized spacial score (nSPS) is 22.8. The predicted molar refractivity (Wildman–Crippen MR) is 76.9 cm³/mol. The zero-order valence-corrected chi connectivity index (χ0v) is 12.4. The van der Waals surface area contributed by atoms with E-state index in [4.69, 9.17) is 4.52 Å². The van der Waals surface area contributed by atoms with Crippen LogP contribution in [-0.2, 0) is 0 Å². The van der Waals surface area contributed by atoms with Gasteiger partial charge >= 0.3 is 0 Å². The van der Waals surface area contributed by atoms with Crippen molar-refractivity contribution in [2.45, 2.75) is 31.2 Å². The van der Waals surface area contributed by atoms with Crippen LogP contribution in [0.1, 0.15) is 31.1 Å². The van der Waals surface area contributed by atoms with Crippen LogP contribution in [0.2, 0.25) is 0 Å². The standard InChI is InChI=1S/C14H16BrN3O/c1-16-12-7-3-6-11(12)14-17-13(18-19-14)9-4-2-5-10(15)8-9/h2,4-5,8,11-12,16H,3,6-7H2,1H3. The maximum Gasteiger partial charge on any atom is 0.231 e. The first-order valence-electron chi connectivity index (χ1n) is 6.55. The molecule has 19 heavy (non-hydrogen) atoms. The molecule has 0 saturated heterocycles. The van der Waals surface area contributed by atoms with E-state index in [0.29, 0.717) is 17.8 Å². The van der Waals surface area contributed by atoms with E-state index < -0.39 is 0 Å². The first kappa shape index (κ1) is 12.8. The molecule has 2 atom stereocenters. The molecule has 0 radical (unpaired) electrons. The monoisotopic (exact) mass is 321 g/mol. The third-order valence-electron chi connectivity index (χ3n) is 3.73. The SMILES string of the molecule is CNC1CCCC1c1nc(-c2cccc(Br)c2)no1. The van der Waals surface area contributed by atoms with E-state index in [2.05, 4.69) is 31.4 Å². The lowest BCUT2D eigenvalue weighted by Crippen LogP contribution is -2.27. The Morgan fingerprint density at radius 1 is 1.37 bits per heavy atom.